The molecule has 26 heavy (non-hydrogen) atoms. The Labute approximate surface area is 165 Å². The van der Waals surface area contributed by atoms with E-state index in [9.17, 15) is 4.57 Å². The van der Waals surface area contributed by atoms with Crippen LogP contribution in [0.5, 0.6) is 0 Å². The molecule has 0 amide bonds. The lowest BCUT2D eigenvalue weighted by molar-refractivity contribution is 0.190. The van der Waals surface area contributed by atoms with Crippen LogP contribution in [0.1, 0.15) is 96.8 Å². The van der Waals surface area contributed by atoms with Gasteiger partial charge in [0.05, 0.1) is 6.61 Å². The van der Waals surface area contributed by atoms with Crippen LogP contribution in [-0.2, 0) is 9.09 Å². The van der Waals surface area contributed by atoms with Gasteiger partial charge in [-0.1, -0.05) is 90.4 Å². The minimum Gasteiger partial charge on any atom is -0.325 e. The normalized spacial score (nSPS) is 13.2. The Morgan fingerprint density at radius 1 is 0.846 bits per heavy atom. The van der Waals surface area contributed by atoms with Crippen LogP contribution in [0.4, 0.5) is 0 Å². The summed E-state index contributed by atoms with van der Waals surface area (Å²) in [4.78, 5) is 17.2. The van der Waals surface area contributed by atoms with Gasteiger partial charge in [0.1, 0.15) is 0 Å². The molecule has 0 aliphatic heterocycles. The molecule has 0 aliphatic carbocycles. The van der Waals surface area contributed by atoms with Gasteiger partial charge in [0, 0.05) is 11.8 Å². The van der Waals surface area contributed by atoms with Gasteiger partial charge >= 0.3 is 7.82 Å². The van der Waals surface area contributed by atoms with E-state index in [1.54, 1.807) is 11.8 Å². The Hall–Kier alpha value is 0.420. The Kier molecular flexibility index (Phi) is 19.1. The number of unbranched alkanes of at least 4 members (excludes halogenated alkanes) is 13. The molecule has 0 spiro atoms. The maximum absolute atomic E-state index is 10.6. The van der Waals surface area contributed by atoms with Crippen LogP contribution in [-0.4, -0.2) is 33.9 Å². The number of hydrogen-bond donors (Lipinski definition) is 3. The molecule has 0 aliphatic rings. The highest BCUT2D eigenvalue weighted by Crippen LogP contribution is 2.35. The summed E-state index contributed by atoms with van der Waals surface area (Å²) in [6.45, 7) is 2.18. The van der Waals surface area contributed by atoms with E-state index in [4.69, 9.17) is 15.5 Å². The van der Waals surface area contributed by atoms with Crippen molar-refractivity contribution >= 4 is 19.6 Å². The summed E-state index contributed by atoms with van der Waals surface area (Å²) in [5.41, 5.74) is 5.75. The van der Waals surface area contributed by atoms with Crippen LogP contribution in [0.2, 0.25) is 0 Å². The van der Waals surface area contributed by atoms with E-state index in [1.807, 2.05) is 0 Å². The van der Waals surface area contributed by atoms with Gasteiger partial charge in [-0.25, -0.2) is 4.57 Å². The Bertz CT molecular complexity index is 342. The lowest BCUT2D eigenvalue weighted by Crippen LogP contribution is -2.28. The van der Waals surface area contributed by atoms with Crippen molar-refractivity contribution in [3.05, 3.63) is 0 Å². The monoisotopic (exact) mass is 411 g/mol. The van der Waals surface area contributed by atoms with Crippen molar-refractivity contribution in [2.24, 2.45) is 5.73 Å². The number of thioether (sulfide) groups is 1. The smallest absolute Gasteiger partial charge is 0.325 e. The summed E-state index contributed by atoms with van der Waals surface area (Å²) in [7, 11) is -4.38. The fraction of sp³-hybridized carbons (Fsp3) is 1.00. The number of phosphoric acid groups is 1. The highest BCUT2D eigenvalue weighted by atomic mass is 32.2. The van der Waals surface area contributed by atoms with Gasteiger partial charge in [0.2, 0.25) is 0 Å². The molecule has 0 unspecified atom stereocenters. The molecule has 0 saturated heterocycles. The molecule has 158 valence electrons. The molecule has 0 aromatic rings. The number of phosphoric ester groups is 1. The van der Waals surface area contributed by atoms with Crippen LogP contribution >= 0.6 is 19.6 Å². The maximum Gasteiger partial charge on any atom is 0.469 e. The van der Waals surface area contributed by atoms with Crippen molar-refractivity contribution in [2.75, 3.05) is 18.1 Å². The van der Waals surface area contributed by atoms with Crippen molar-refractivity contribution in [1.82, 2.24) is 0 Å². The van der Waals surface area contributed by atoms with Crippen LogP contribution in [0.25, 0.3) is 0 Å². The Morgan fingerprint density at radius 2 is 1.27 bits per heavy atom. The van der Waals surface area contributed by atoms with Gasteiger partial charge < -0.3 is 15.5 Å². The predicted octanol–water partition coefficient (Wildman–Crippen LogP) is 5.64. The highest BCUT2D eigenvalue weighted by Gasteiger charge is 2.15. The van der Waals surface area contributed by atoms with Crippen LogP contribution in [0, 0.1) is 0 Å². The molecule has 1 atom stereocenters. The first-order valence-electron chi connectivity index (χ1n) is 10.5. The first kappa shape index (κ1) is 26.4. The van der Waals surface area contributed by atoms with Gasteiger partial charge in [0.15, 0.2) is 0 Å². The first-order chi connectivity index (χ1) is 12.5. The third-order valence-corrected chi connectivity index (χ3v) is 6.16. The van der Waals surface area contributed by atoms with Crippen molar-refractivity contribution in [2.45, 2.75) is 103 Å². The molecule has 0 aromatic heterocycles. The third kappa shape index (κ3) is 22.5. The molecule has 0 radical (unpaired) electrons. The van der Waals surface area contributed by atoms with E-state index in [2.05, 4.69) is 11.4 Å². The van der Waals surface area contributed by atoms with E-state index in [0.29, 0.717) is 5.75 Å². The van der Waals surface area contributed by atoms with Gasteiger partial charge in [-0.15, -0.1) is 0 Å². The van der Waals surface area contributed by atoms with Gasteiger partial charge in [-0.2, -0.15) is 11.8 Å². The topological polar surface area (TPSA) is 92.8 Å². The third-order valence-electron chi connectivity index (χ3n) is 4.43. The van der Waals surface area contributed by atoms with E-state index in [0.717, 1.165) is 5.75 Å². The van der Waals surface area contributed by atoms with Crippen molar-refractivity contribution in [1.29, 1.82) is 0 Å². The minimum atomic E-state index is -4.38. The quantitative estimate of drug-likeness (QED) is 0.177. The van der Waals surface area contributed by atoms with Crippen molar-refractivity contribution in [3.8, 4) is 0 Å². The zero-order valence-corrected chi connectivity index (χ0v) is 18.5. The second-order valence-electron chi connectivity index (χ2n) is 7.22. The molecule has 4 N–H and O–H groups in total. The average Bonchev–Trinajstić information content (AvgIpc) is 2.59. The maximum atomic E-state index is 10.6. The number of nitrogens with two attached hydrogens (primary N) is 1. The van der Waals surface area contributed by atoms with Gasteiger partial charge in [-0.05, 0) is 12.2 Å². The summed E-state index contributed by atoms with van der Waals surface area (Å²) in [6.07, 6.45) is 19.1. The second kappa shape index (κ2) is 18.8. The van der Waals surface area contributed by atoms with Gasteiger partial charge in [-0.3, -0.25) is 4.52 Å². The lowest BCUT2D eigenvalue weighted by atomic mass is 10.0. The molecule has 0 saturated carbocycles. The second-order valence-corrected chi connectivity index (χ2v) is 9.61. The molecule has 0 fully saturated rings. The molecule has 0 heterocycles. The summed E-state index contributed by atoms with van der Waals surface area (Å²) in [5, 5.41) is 0. The predicted molar refractivity (Wildman–Crippen MR) is 114 cm³/mol. The Morgan fingerprint density at radius 3 is 1.69 bits per heavy atom. The van der Waals surface area contributed by atoms with Crippen molar-refractivity contribution < 1.29 is 18.9 Å². The van der Waals surface area contributed by atoms with Crippen LogP contribution in [0.3, 0.4) is 0 Å². The highest BCUT2D eigenvalue weighted by molar-refractivity contribution is 7.99. The summed E-state index contributed by atoms with van der Waals surface area (Å²) in [5.74, 6) is 1.74. The number of rotatable bonds is 20. The lowest BCUT2D eigenvalue weighted by Gasteiger charge is -2.12. The van der Waals surface area contributed by atoms with E-state index >= 15 is 0 Å². The molecular weight excluding hydrogens is 369 g/mol. The summed E-state index contributed by atoms with van der Waals surface area (Å²) < 4.78 is 15.0. The molecule has 0 aromatic carbocycles. The summed E-state index contributed by atoms with van der Waals surface area (Å²) >= 11 is 1.74. The molecule has 5 nitrogen and oxygen atoms in total. The minimum absolute atomic E-state index is 0.0873. The SMILES string of the molecule is CCCCCCCCCCCCCCCCSC[C@@H](N)COP(=O)(O)O. The largest absolute Gasteiger partial charge is 0.469 e. The van der Waals surface area contributed by atoms with Crippen molar-refractivity contribution in [3.63, 3.8) is 0 Å². The fourth-order valence-corrected chi connectivity index (χ4v) is 4.23. The van der Waals surface area contributed by atoms with Crippen LogP contribution < -0.4 is 5.73 Å². The fourth-order valence-electron chi connectivity index (χ4n) is 2.87. The zero-order valence-electron chi connectivity index (χ0n) is 16.7. The summed E-state index contributed by atoms with van der Waals surface area (Å²) in [6, 6.07) is -0.320. The molecule has 7 heteroatoms. The Balaban J connectivity index is 3.14. The molecule has 0 rings (SSSR count). The number of hydrogen-bond acceptors (Lipinski definition) is 4. The van der Waals surface area contributed by atoms with E-state index in [1.165, 1.54) is 89.9 Å². The first-order valence-corrected chi connectivity index (χ1v) is 13.2. The molecular formula is C19H42NO4PS. The zero-order chi connectivity index (χ0) is 19.5. The molecule has 0 bridgehead atoms. The average molecular weight is 412 g/mol. The van der Waals surface area contributed by atoms with E-state index < -0.39 is 7.82 Å². The van der Waals surface area contributed by atoms with E-state index in [-0.39, 0.29) is 12.6 Å². The van der Waals surface area contributed by atoms with Gasteiger partial charge in [0.25, 0.3) is 0 Å². The standard InChI is InChI=1S/C19H42NO4PS/c1-2-3-4-5-6-7-8-9-10-11-12-13-14-15-16-26-18-19(20)17-24-25(21,22)23/h19H,2-18,20H2,1H3,(H2,21,22,23)/t19-/m0/s1. The van der Waals surface area contributed by atoms with Crippen LogP contribution in [0.15, 0.2) is 0 Å².